The Hall–Kier alpha value is -1.53. The molecule has 0 saturated heterocycles. The van der Waals surface area contributed by atoms with Gasteiger partial charge in [-0.15, -0.1) is 0 Å². The summed E-state index contributed by atoms with van der Waals surface area (Å²) in [6, 6.07) is 6.89. The van der Waals surface area contributed by atoms with Crippen molar-refractivity contribution in [2.75, 3.05) is 24.6 Å². The number of sulfonamides is 1. The molecule has 0 fully saturated rings. The highest BCUT2D eigenvalue weighted by molar-refractivity contribution is 7.89. The van der Waals surface area contributed by atoms with Gasteiger partial charge in [0.1, 0.15) is 12.4 Å². The summed E-state index contributed by atoms with van der Waals surface area (Å²) in [7, 11) is -3.28. The molecule has 5 nitrogen and oxygen atoms in total. The Labute approximate surface area is 126 Å². The fourth-order valence-electron chi connectivity index (χ4n) is 2.24. The Balaban J connectivity index is 1.67. The number of ether oxygens (including phenoxy) is 1. The molecule has 1 aliphatic rings. The number of nitrogens with one attached hydrogen (secondary N) is 1. The van der Waals surface area contributed by atoms with Crippen LogP contribution in [-0.4, -0.2) is 27.3 Å². The van der Waals surface area contributed by atoms with Gasteiger partial charge in [0, 0.05) is 12.2 Å². The molecule has 0 aliphatic heterocycles. The predicted octanol–water partition coefficient (Wildman–Crippen LogP) is 2.07. The average Bonchev–Trinajstić information content (AvgIpc) is 2.94. The lowest BCUT2D eigenvalue weighted by molar-refractivity contribution is 0.340. The molecule has 1 aliphatic carbocycles. The third-order valence-electron chi connectivity index (χ3n) is 3.40. The van der Waals surface area contributed by atoms with Gasteiger partial charge in [-0.1, -0.05) is 11.6 Å². The van der Waals surface area contributed by atoms with Gasteiger partial charge in [-0.05, 0) is 49.9 Å². The molecule has 21 heavy (non-hydrogen) atoms. The lowest BCUT2D eigenvalue weighted by Crippen LogP contribution is -2.30. The van der Waals surface area contributed by atoms with Crippen LogP contribution in [0.15, 0.2) is 35.9 Å². The Morgan fingerprint density at radius 3 is 2.67 bits per heavy atom. The summed E-state index contributed by atoms with van der Waals surface area (Å²) in [6.07, 6.45) is 6.42. The number of benzene rings is 1. The number of nitrogen functional groups attached to an aromatic ring is 1. The summed E-state index contributed by atoms with van der Waals surface area (Å²) in [6.45, 7) is 0.595. The highest BCUT2D eigenvalue weighted by atomic mass is 32.2. The molecule has 2 rings (SSSR count). The maximum atomic E-state index is 11.8. The minimum Gasteiger partial charge on any atom is -0.492 e. The first-order chi connectivity index (χ1) is 10.1. The van der Waals surface area contributed by atoms with Crippen molar-refractivity contribution in [3.63, 3.8) is 0 Å². The lowest BCUT2D eigenvalue weighted by Gasteiger charge is -2.09. The number of hydrogen-bond acceptors (Lipinski definition) is 4. The second kappa shape index (κ2) is 7.47. The molecular weight excluding hydrogens is 288 g/mol. The van der Waals surface area contributed by atoms with Gasteiger partial charge >= 0.3 is 0 Å². The van der Waals surface area contributed by atoms with Crippen molar-refractivity contribution in [3.05, 3.63) is 35.9 Å². The summed E-state index contributed by atoms with van der Waals surface area (Å²) >= 11 is 0. The number of hydrogen-bond donors (Lipinski definition) is 2. The van der Waals surface area contributed by atoms with Crippen LogP contribution in [0.2, 0.25) is 0 Å². The van der Waals surface area contributed by atoms with Crippen molar-refractivity contribution >= 4 is 15.7 Å². The van der Waals surface area contributed by atoms with Crippen LogP contribution in [0.4, 0.5) is 5.69 Å². The van der Waals surface area contributed by atoms with Crippen LogP contribution in [0, 0.1) is 0 Å². The van der Waals surface area contributed by atoms with Gasteiger partial charge in [-0.3, -0.25) is 0 Å². The number of allylic oxidation sites excluding steroid dienone is 1. The normalized spacial score (nSPS) is 15.0. The Morgan fingerprint density at radius 2 is 2.00 bits per heavy atom. The molecule has 1 aromatic carbocycles. The van der Waals surface area contributed by atoms with E-state index in [9.17, 15) is 8.42 Å². The van der Waals surface area contributed by atoms with E-state index in [-0.39, 0.29) is 12.4 Å². The summed E-state index contributed by atoms with van der Waals surface area (Å²) in [5, 5.41) is 0. The van der Waals surface area contributed by atoms with Gasteiger partial charge in [0.25, 0.3) is 0 Å². The van der Waals surface area contributed by atoms with Crippen LogP contribution in [0.25, 0.3) is 0 Å². The monoisotopic (exact) mass is 310 g/mol. The molecule has 0 amide bonds. The average molecular weight is 310 g/mol. The van der Waals surface area contributed by atoms with Crippen LogP contribution in [0.3, 0.4) is 0 Å². The van der Waals surface area contributed by atoms with E-state index < -0.39 is 10.0 Å². The molecular formula is C15H22N2O3S. The standard InChI is InChI=1S/C15H22N2O3S/c16-14-5-7-15(8-6-14)20-11-12-21(18,19)17-10-9-13-3-1-2-4-13/h3,5-8,17H,1-2,4,9-12,16H2. The first-order valence-electron chi connectivity index (χ1n) is 7.19. The molecule has 3 N–H and O–H groups in total. The van der Waals surface area contributed by atoms with E-state index in [1.807, 2.05) is 0 Å². The number of anilines is 1. The first-order valence-corrected chi connectivity index (χ1v) is 8.84. The third kappa shape index (κ3) is 5.77. The second-order valence-corrected chi connectivity index (χ2v) is 7.06. The smallest absolute Gasteiger partial charge is 0.214 e. The Kier molecular flexibility index (Phi) is 5.64. The van der Waals surface area contributed by atoms with E-state index in [2.05, 4.69) is 10.8 Å². The van der Waals surface area contributed by atoms with Crippen molar-refractivity contribution in [3.8, 4) is 5.75 Å². The molecule has 0 radical (unpaired) electrons. The van der Waals surface area contributed by atoms with Gasteiger partial charge < -0.3 is 10.5 Å². The largest absolute Gasteiger partial charge is 0.492 e. The number of rotatable bonds is 8. The quantitative estimate of drug-likeness (QED) is 0.569. The number of nitrogens with two attached hydrogens (primary N) is 1. The maximum Gasteiger partial charge on any atom is 0.214 e. The predicted molar refractivity (Wildman–Crippen MR) is 84.7 cm³/mol. The van der Waals surface area contributed by atoms with E-state index in [1.165, 1.54) is 12.0 Å². The lowest BCUT2D eigenvalue weighted by atomic mass is 10.2. The highest BCUT2D eigenvalue weighted by Gasteiger charge is 2.11. The molecule has 1 aromatic rings. The molecule has 0 heterocycles. The van der Waals surface area contributed by atoms with Crippen molar-refractivity contribution in [2.45, 2.75) is 25.7 Å². The SMILES string of the molecule is Nc1ccc(OCCS(=O)(=O)NCCC2=CCCC2)cc1. The van der Waals surface area contributed by atoms with Gasteiger partial charge in [0.05, 0.1) is 5.75 Å². The van der Waals surface area contributed by atoms with Gasteiger partial charge in [0.15, 0.2) is 0 Å². The van der Waals surface area contributed by atoms with Gasteiger partial charge in [-0.25, -0.2) is 13.1 Å². The zero-order valence-electron chi connectivity index (χ0n) is 12.0. The minimum absolute atomic E-state index is 0.0452. The van der Waals surface area contributed by atoms with E-state index in [0.717, 1.165) is 19.3 Å². The molecule has 0 atom stereocenters. The fraction of sp³-hybridized carbons (Fsp3) is 0.467. The highest BCUT2D eigenvalue weighted by Crippen LogP contribution is 2.19. The van der Waals surface area contributed by atoms with E-state index in [0.29, 0.717) is 18.0 Å². The van der Waals surface area contributed by atoms with E-state index in [1.54, 1.807) is 24.3 Å². The van der Waals surface area contributed by atoms with E-state index in [4.69, 9.17) is 10.5 Å². The van der Waals surface area contributed by atoms with Crippen LogP contribution in [0.1, 0.15) is 25.7 Å². The molecule has 0 spiro atoms. The van der Waals surface area contributed by atoms with Crippen LogP contribution in [-0.2, 0) is 10.0 Å². The van der Waals surface area contributed by atoms with Crippen molar-refractivity contribution in [1.29, 1.82) is 0 Å². The summed E-state index contributed by atoms with van der Waals surface area (Å²) in [5.74, 6) is 0.576. The Bertz CT molecular complexity index is 579. The molecule has 0 saturated carbocycles. The van der Waals surface area contributed by atoms with Crippen molar-refractivity contribution < 1.29 is 13.2 Å². The molecule has 0 bridgehead atoms. The van der Waals surface area contributed by atoms with Gasteiger partial charge in [0.2, 0.25) is 10.0 Å². The summed E-state index contributed by atoms with van der Waals surface area (Å²) in [5.41, 5.74) is 7.57. The molecule has 0 unspecified atom stereocenters. The van der Waals surface area contributed by atoms with Crippen LogP contribution < -0.4 is 15.2 Å². The second-order valence-electron chi connectivity index (χ2n) is 5.14. The van der Waals surface area contributed by atoms with Crippen molar-refractivity contribution in [2.24, 2.45) is 0 Å². The fourth-order valence-corrected chi connectivity index (χ4v) is 3.10. The van der Waals surface area contributed by atoms with Crippen molar-refractivity contribution in [1.82, 2.24) is 4.72 Å². The van der Waals surface area contributed by atoms with E-state index >= 15 is 0 Å². The molecule has 6 heteroatoms. The maximum absolute atomic E-state index is 11.8. The zero-order valence-corrected chi connectivity index (χ0v) is 12.9. The van der Waals surface area contributed by atoms with Crippen LogP contribution in [0.5, 0.6) is 5.75 Å². The Morgan fingerprint density at radius 1 is 1.24 bits per heavy atom. The summed E-state index contributed by atoms with van der Waals surface area (Å²) < 4.78 is 31.6. The molecule has 116 valence electrons. The summed E-state index contributed by atoms with van der Waals surface area (Å²) in [4.78, 5) is 0. The topological polar surface area (TPSA) is 81.4 Å². The minimum atomic E-state index is -3.28. The van der Waals surface area contributed by atoms with Crippen LogP contribution >= 0.6 is 0 Å². The zero-order chi connectivity index (χ0) is 15.1. The molecule has 0 aromatic heterocycles. The van der Waals surface area contributed by atoms with Gasteiger partial charge in [-0.2, -0.15) is 0 Å². The third-order valence-corrected chi connectivity index (χ3v) is 4.75. The first kappa shape index (κ1) is 15.9.